The monoisotopic (exact) mass is 820 g/mol. The number of hydrogen-bond donors (Lipinski definition) is 1. The van der Waals surface area contributed by atoms with Gasteiger partial charge in [0.05, 0.1) is 0 Å². The predicted molar refractivity (Wildman–Crippen MR) is 228 cm³/mol. The van der Waals surface area contributed by atoms with Crippen molar-refractivity contribution in [3.8, 4) is 0 Å². The average Bonchev–Trinajstić information content (AvgIpc) is 3.13. The molecule has 0 unspecified atom stereocenters. The summed E-state index contributed by atoms with van der Waals surface area (Å²) in [6, 6.07) is 0. The fraction of sp³-hybridized carbons (Fsp3) is 0.894. The van der Waals surface area contributed by atoms with E-state index < -0.39 is 0 Å². The van der Waals surface area contributed by atoms with E-state index in [9.17, 15) is 9.59 Å². The molecule has 6 heteroatoms. The number of esters is 2. The quantitative estimate of drug-likeness (QED) is 0.0290. The Morgan fingerprint density at radius 3 is 1.34 bits per heavy atom. The van der Waals surface area contributed by atoms with Crippen molar-refractivity contribution >= 4 is 11.9 Å². The minimum Gasteiger partial charge on any atom is -0.637 e. The Morgan fingerprint density at radius 1 is 0.528 bits per heavy atom. The first kappa shape index (κ1) is 57.8. The van der Waals surface area contributed by atoms with Gasteiger partial charge in [-0.3, -0.25) is 9.59 Å². The molecule has 1 N–H and O–H groups in total. The van der Waals surface area contributed by atoms with Crippen molar-refractivity contribution in [1.29, 1.82) is 0 Å². The SMILES string of the molecule is CC=C(C)C.CCCCCCCCCC[CH-]OC(=O)CCCCCNCCCCCCCC(=O)OC(CCCCCCCC)CCCCCCCC.[Rb+]. The smallest absolute Gasteiger partial charge is 0.637 e. The van der Waals surface area contributed by atoms with Gasteiger partial charge in [0.2, 0.25) is 0 Å². The molecule has 5 nitrogen and oxygen atoms in total. The number of unbranched alkanes of at least 4 members (excludes halogenated alkanes) is 24. The number of allylic oxidation sites excluding steroid dienone is 2. The van der Waals surface area contributed by atoms with Crippen LogP contribution < -0.4 is 63.5 Å². The minimum atomic E-state index is -0.0769. The molecule has 0 aliphatic rings. The van der Waals surface area contributed by atoms with Crippen LogP contribution in [0.3, 0.4) is 0 Å². The van der Waals surface area contributed by atoms with Crippen molar-refractivity contribution in [2.24, 2.45) is 0 Å². The van der Waals surface area contributed by atoms with Gasteiger partial charge in [-0.15, -0.1) is 6.42 Å². The Bertz CT molecular complexity index is 739. The zero-order chi connectivity index (χ0) is 38.6. The third kappa shape index (κ3) is 52.4. The Hall–Kier alpha value is 0.445. The minimum absolute atomic E-state index is 0. The second-order valence-corrected chi connectivity index (χ2v) is 15.6. The number of hydrogen-bond acceptors (Lipinski definition) is 5. The van der Waals surface area contributed by atoms with Crippen LogP contribution in [-0.2, 0) is 19.1 Å². The van der Waals surface area contributed by atoms with Crippen molar-refractivity contribution in [1.82, 2.24) is 5.32 Å². The van der Waals surface area contributed by atoms with Crippen LogP contribution in [0.25, 0.3) is 0 Å². The fourth-order valence-electron chi connectivity index (χ4n) is 6.25. The maximum atomic E-state index is 12.6. The van der Waals surface area contributed by atoms with E-state index >= 15 is 0 Å². The second-order valence-electron chi connectivity index (χ2n) is 15.6. The molecule has 0 heterocycles. The van der Waals surface area contributed by atoms with Gasteiger partial charge >= 0.3 is 64.2 Å². The first-order valence-electron chi connectivity index (χ1n) is 22.9. The fourth-order valence-corrected chi connectivity index (χ4v) is 6.25. The largest absolute Gasteiger partial charge is 1.00 e. The van der Waals surface area contributed by atoms with Crippen molar-refractivity contribution in [3.05, 3.63) is 18.3 Å². The number of nitrogens with one attached hydrogen (secondary N) is 1. The predicted octanol–water partition coefficient (Wildman–Crippen LogP) is 12.1. The molecule has 0 rings (SSSR count). The Labute approximate surface area is 381 Å². The average molecular weight is 821 g/mol. The number of carbonyl (C=O) groups excluding carboxylic acids is 2. The summed E-state index contributed by atoms with van der Waals surface area (Å²) in [6.45, 7) is 16.8. The number of carbonyl (C=O) groups is 2. The normalized spacial score (nSPS) is 10.8. The van der Waals surface area contributed by atoms with Crippen molar-refractivity contribution in [2.75, 3.05) is 13.1 Å². The standard InChI is InChI=1S/C42H82NO4.C5H10.Rb/c1-4-7-10-13-16-17-18-24-32-39-46-41(44)35-29-25-31-38-43-37-30-23-19-22-28-36-42(45)47-40(33-26-20-14-11-8-5-2)34-27-21-15-12-9-6-3;1-4-5(2)3;/h39-40,43H,4-38H2,1-3H3;4H,1-3H3;/q-1;;+1. The van der Waals surface area contributed by atoms with E-state index in [1.807, 2.05) is 6.92 Å². The van der Waals surface area contributed by atoms with Gasteiger partial charge in [-0.05, 0) is 85.2 Å². The summed E-state index contributed by atoms with van der Waals surface area (Å²) in [6.07, 6.45) is 40.9. The van der Waals surface area contributed by atoms with Crippen LogP contribution in [0.15, 0.2) is 11.6 Å². The second kappa shape index (κ2) is 50.5. The first-order valence-corrected chi connectivity index (χ1v) is 22.9. The van der Waals surface area contributed by atoms with Crippen molar-refractivity contribution < 1.29 is 77.3 Å². The molecular weight excluding hydrogens is 728 g/mol. The Balaban J connectivity index is -0.00000387. The van der Waals surface area contributed by atoms with Crippen LogP contribution in [0, 0.1) is 6.61 Å². The van der Waals surface area contributed by atoms with Gasteiger partial charge < -0.3 is 14.8 Å². The number of rotatable bonds is 39. The van der Waals surface area contributed by atoms with E-state index in [4.69, 9.17) is 9.47 Å². The molecule has 53 heavy (non-hydrogen) atoms. The molecule has 0 aromatic carbocycles. The van der Waals surface area contributed by atoms with Gasteiger partial charge in [-0.25, -0.2) is 0 Å². The summed E-state index contributed by atoms with van der Waals surface area (Å²) in [5.41, 5.74) is 1.38. The van der Waals surface area contributed by atoms with Gasteiger partial charge in [0.1, 0.15) is 6.10 Å². The van der Waals surface area contributed by atoms with Gasteiger partial charge in [0, 0.05) is 12.8 Å². The molecule has 310 valence electrons. The van der Waals surface area contributed by atoms with Crippen molar-refractivity contribution in [3.63, 3.8) is 0 Å². The van der Waals surface area contributed by atoms with E-state index in [1.54, 1.807) is 6.61 Å². The molecule has 0 aliphatic heterocycles. The molecule has 0 saturated carbocycles. The first-order chi connectivity index (χ1) is 25.4. The maximum Gasteiger partial charge on any atom is 1.00 e. The molecule has 0 atom stereocenters. The molecule has 0 aliphatic carbocycles. The van der Waals surface area contributed by atoms with Gasteiger partial charge in [-0.1, -0.05) is 174 Å². The van der Waals surface area contributed by atoms with E-state index in [0.29, 0.717) is 12.8 Å². The van der Waals surface area contributed by atoms with E-state index in [2.05, 4.69) is 46.0 Å². The molecule has 0 fully saturated rings. The summed E-state index contributed by atoms with van der Waals surface area (Å²) in [7, 11) is 0. The van der Waals surface area contributed by atoms with Gasteiger partial charge in [-0.2, -0.15) is 6.61 Å². The molecule has 0 spiro atoms. The molecule has 0 radical (unpaired) electrons. The molecule has 0 aromatic rings. The zero-order valence-electron chi connectivity index (χ0n) is 37.1. The van der Waals surface area contributed by atoms with Crippen LogP contribution in [0.4, 0.5) is 0 Å². The van der Waals surface area contributed by atoms with E-state index in [0.717, 1.165) is 70.9 Å². The summed E-state index contributed by atoms with van der Waals surface area (Å²) in [4.78, 5) is 24.5. The summed E-state index contributed by atoms with van der Waals surface area (Å²) in [5, 5.41) is 3.54. The zero-order valence-corrected chi connectivity index (χ0v) is 42.0. The van der Waals surface area contributed by atoms with Crippen molar-refractivity contribution in [2.45, 2.75) is 260 Å². The molecule has 0 bridgehead atoms. The third-order valence-electron chi connectivity index (χ3n) is 9.99. The Kier molecular flexibility index (Phi) is 55.0. The van der Waals surface area contributed by atoms with Crippen LogP contribution in [-0.4, -0.2) is 31.1 Å². The Morgan fingerprint density at radius 2 is 0.887 bits per heavy atom. The van der Waals surface area contributed by atoms with E-state index in [-0.39, 0.29) is 76.2 Å². The molecular formula is C47H92NO4Rb. The maximum absolute atomic E-state index is 12.6. The molecule has 0 saturated heterocycles. The number of ether oxygens (including phenoxy) is 2. The molecule has 0 aromatic heterocycles. The van der Waals surface area contributed by atoms with E-state index in [1.165, 1.54) is 147 Å². The van der Waals surface area contributed by atoms with Crippen LogP contribution in [0.1, 0.15) is 253 Å². The summed E-state index contributed by atoms with van der Waals surface area (Å²) in [5.74, 6) is -0.0502. The van der Waals surface area contributed by atoms with Crippen LogP contribution in [0.2, 0.25) is 0 Å². The summed E-state index contributed by atoms with van der Waals surface area (Å²) >= 11 is 0. The van der Waals surface area contributed by atoms with Gasteiger partial charge in [0.15, 0.2) is 0 Å². The third-order valence-corrected chi connectivity index (χ3v) is 9.99. The van der Waals surface area contributed by atoms with Crippen LogP contribution >= 0.6 is 0 Å². The van der Waals surface area contributed by atoms with Gasteiger partial charge in [0.25, 0.3) is 5.97 Å². The topological polar surface area (TPSA) is 64.6 Å². The van der Waals surface area contributed by atoms with Crippen LogP contribution in [0.5, 0.6) is 0 Å². The summed E-state index contributed by atoms with van der Waals surface area (Å²) < 4.78 is 11.3. The molecule has 0 amide bonds.